The molecule has 12 aromatic rings. The van der Waals surface area contributed by atoms with E-state index in [0.29, 0.717) is 75.2 Å². The van der Waals surface area contributed by atoms with Crippen LogP contribution in [-0.2, 0) is 62.3 Å². The molecule has 5 N–H and O–H groups in total. The van der Waals surface area contributed by atoms with Crippen LogP contribution in [0.2, 0.25) is 0 Å². The van der Waals surface area contributed by atoms with Crippen LogP contribution >= 0.6 is 0 Å². The minimum absolute atomic E-state index is 0.0334. The highest BCUT2D eigenvalue weighted by molar-refractivity contribution is 5.81. The normalized spacial score (nSPS) is 15.1. The van der Waals surface area contributed by atoms with Crippen molar-refractivity contribution >= 4 is 17.9 Å². The van der Waals surface area contributed by atoms with Gasteiger partial charge in [0, 0.05) is 60.0 Å². The number of aromatic nitrogens is 6. The number of rotatable bonds is 28. The molecule has 4 atom stereocenters. The Morgan fingerprint density at radius 2 is 1.06 bits per heavy atom. The van der Waals surface area contributed by atoms with Gasteiger partial charge in [0.2, 0.25) is 17.5 Å². The second-order valence-corrected chi connectivity index (χ2v) is 27.3. The summed E-state index contributed by atoms with van der Waals surface area (Å²) >= 11 is 0. The van der Waals surface area contributed by atoms with Crippen LogP contribution in [0.25, 0.3) is 102 Å². The number of carboxylic acid groups (broad SMARTS) is 2. The van der Waals surface area contributed by atoms with Crippen molar-refractivity contribution in [1.82, 2.24) is 46.0 Å². The van der Waals surface area contributed by atoms with Gasteiger partial charge in [-0.1, -0.05) is 180 Å². The van der Waals surface area contributed by atoms with Crippen LogP contribution in [0.1, 0.15) is 94.3 Å². The zero-order valence-corrected chi connectivity index (χ0v) is 60.3. The molecule has 9 aromatic carbocycles. The smallest absolute Gasteiger partial charge is 0.417 e. The topological polar surface area (TPSA) is 274 Å². The summed E-state index contributed by atoms with van der Waals surface area (Å²) in [4.78, 5) is 53.3. The largest absolute Gasteiger partial charge is 0.480 e. The number of alkyl halides is 6. The summed E-state index contributed by atoms with van der Waals surface area (Å²) in [6.07, 6.45) is -8.70. The number of hydrogen-bond acceptors (Lipinski definition) is 18. The SMILES string of the molecule is CC[C@H](NCc1ccc(-c2noc(-c3ccc(-c4ccccc4C)c(C(F)(F)F)c3)n2)cc1)C(=O)OC1CCC(C(=O)O)(N(C)Cc2ccc(-c3noc(-c4ccc(-c5ccccc5Cc5ccc(C)c(-c6ccc(-c7nc(-c8ccc(C(CO)NCC(=O)O)cc8)no7)cc6C(F)(F)F)c5)c(COC)c4)n3)cc2)C1. The van der Waals surface area contributed by atoms with Crippen LogP contribution in [-0.4, -0.2) is 114 Å². The lowest BCUT2D eigenvalue weighted by Gasteiger charge is -2.35. The maximum atomic E-state index is 15.2. The second kappa shape index (κ2) is 32.6. The highest BCUT2D eigenvalue weighted by Gasteiger charge is 2.50. The van der Waals surface area contributed by atoms with Crippen LogP contribution in [0.15, 0.2) is 208 Å². The number of methoxy groups -OCH3 is 1. The number of aliphatic hydroxyl groups excluding tert-OH is 1. The predicted molar refractivity (Wildman–Crippen MR) is 397 cm³/mol. The van der Waals surface area contributed by atoms with E-state index in [0.717, 1.165) is 51.1 Å². The number of halogens is 6. The first-order chi connectivity index (χ1) is 52.9. The van der Waals surface area contributed by atoms with Gasteiger partial charge in [0.25, 0.3) is 17.7 Å². The van der Waals surface area contributed by atoms with Gasteiger partial charge in [-0.05, 0) is 161 Å². The van der Waals surface area contributed by atoms with Crippen molar-refractivity contribution in [2.45, 2.75) is 109 Å². The van der Waals surface area contributed by atoms with Gasteiger partial charge < -0.3 is 43.7 Å². The fourth-order valence-corrected chi connectivity index (χ4v) is 14.0. The molecule has 1 aliphatic rings. The lowest BCUT2D eigenvalue weighted by molar-refractivity contribution is -0.156. The van der Waals surface area contributed by atoms with Crippen molar-refractivity contribution in [1.29, 1.82) is 0 Å². The number of benzene rings is 9. The van der Waals surface area contributed by atoms with E-state index in [2.05, 4.69) is 36.1 Å². The lowest BCUT2D eigenvalue weighted by Crippen LogP contribution is -2.51. The number of carbonyl (C=O) groups excluding carboxylic acids is 1. The van der Waals surface area contributed by atoms with Crippen LogP contribution in [0.4, 0.5) is 26.3 Å². The van der Waals surface area contributed by atoms with E-state index in [1.807, 2.05) is 79.7 Å². The van der Waals surface area contributed by atoms with Crippen molar-refractivity contribution in [3.05, 3.63) is 250 Å². The molecule has 0 aliphatic heterocycles. The Morgan fingerprint density at radius 3 is 1.60 bits per heavy atom. The summed E-state index contributed by atoms with van der Waals surface area (Å²) in [7, 11) is 3.33. The number of nitrogens with zero attached hydrogens (tertiary/aromatic N) is 7. The van der Waals surface area contributed by atoms with Gasteiger partial charge in [-0.2, -0.15) is 41.3 Å². The molecule has 26 heteroatoms. The number of likely N-dealkylation sites (N-methyl/N-ethyl adjacent to an activating group) is 1. The Hall–Kier alpha value is -11.8. The molecule has 0 bridgehead atoms. The average Bonchev–Trinajstić information content (AvgIpc) is 1.02. The van der Waals surface area contributed by atoms with Crippen molar-refractivity contribution < 1.29 is 79.1 Å². The Morgan fingerprint density at radius 1 is 0.573 bits per heavy atom. The number of ether oxygens (including phenoxy) is 2. The Labute approximate surface area is 627 Å². The minimum Gasteiger partial charge on any atom is -0.480 e. The molecule has 110 heavy (non-hydrogen) atoms. The Kier molecular flexibility index (Phi) is 22.6. The second-order valence-electron chi connectivity index (χ2n) is 27.3. The van der Waals surface area contributed by atoms with Crippen molar-refractivity contribution in [3.8, 4) is 102 Å². The lowest BCUT2D eigenvalue weighted by atomic mass is 9.89. The Bertz CT molecular complexity index is 5320. The first-order valence-electron chi connectivity index (χ1n) is 35.4. The predicted octanol–water partition coefficient (Wildman–Crippen LogP) is 16.9. The molecule has 3 unspecified atom stereocenters. The molecule has 564 valence electrons. The van der Waals surface area contributed by atoms with Gasteiger partial charge in [0.15, 0.2) is 0 Å². The third-order valence-corrected chi connectivity index (χ3v) is 20.0. The molecule has 3 heterocycles. The van der Waals surface area contributed by atoms with Crippen LogP contribution in [0.5, 0.6) is 0 Å². The highest BCUT2D eigenvalue weighted by atomic mass is 19.4. The van der Waals surface area contributed by atoms with Gasteiger partial charge in [0.1, 0.15) is 17.7 Å². The molecule has 1 saturated carbocycles. The Balaban J connectivity index is 0.622. The molecule has 1 aliphatic carbocycles. The van der Waals surface area contributed by atoms with E-state index >= 15 is 13.2 Å². The molecule has 13 rings (SSSR count). The number of carboxylic acids is 2. The summed E-state index contributed by atoms with van der Waals surface area (Å²) in [6.45, 7) is 5.36. The number of aryl methyl sites for hydroxylation is 2. The van der Waals surface area contributed by atoms with E-state index in [9.17, 15) is 37.8 Å². The monoisotopic (exact) mass is 1500 g/mol. The summed E-state index contributed by atoms with van der Waals surface area (Å²) in [6, 6.07) is 53.4. The number of nitrogens with one attached hydrogen (secondary N) is 2. The maximum absolute atomic E-state index is 15.2. The average molecular weight is 1500 g/mol. The third kappa shape index (κ3) is 16.9. The van der Waals surface area contributed by atoms with Gasteiger partial charge in [-0.3, -0.25) is 24.6 Å². The fraction of sp³-hybridized carbons (Fsp3) is 0.250. The van der Waals surface area contributed by atoms with Gasteiger partial charge in [-0.25, -0.2) is 0 Å². The zero-order valence-electron chi connectivity index (χ0n) is 60.3. The summed E-state index contributed by atoms with van der Waals surface area (Å²) in [5.41, 5.74) is 8.03. The van der Waals surface area contributed by atoms with Crippen LogP contribution < -0.4 is 10.6 Å². The molecule has 0 spiro atoms. The van der Waals surface area contributed by atoms with E-state index in [1.54, 1.807) is 118 Å². The zero-order chi connectivity index (χ0) is 77.6. The van der Waals surface area contributed by atoms with E-state index in [-0.39, 0.29) is 97.3 Å². The first-order valence-corrected chi connectivity index (χ1v) is 35.4. The summed E-state index contributed by atoms with van der Waals surface area (Å²) in [5, 5.41) is 48.0. The molecular formula is C84H75F6N9O11. The molecule has 20 nitrogen and oxygen atoms in total. The maximum Gasteiger partial charge on any atom is 0.417 e. The van der Waals surface area contributed by atoms with Gasteiger partial charge in [0.05, 0.1) is 36.9 Å². The molecule has 0 saturated heterocycles. The first kappa shape index (κ1) is 76.4. The van der Waals surface area contributed by atoms with Crippen LogP contribution in [0, 0.1) is 13.8 Å². The van der Waals surface area contributed by atoms with E-state index in [1.165, 1.54) is 24.3 Å². The number of esters is 1. The molecular weight excluding hydrogens is 1420 g/mol. The standard InChI is InChI=1S/C84H75F6N9O11/c1-6-71(91-43-50-17-21-54(22-18-50)74-94-78(109-97-74)59-30-33-66(69(40-59)83(85,86)87)63-13-9-7-11-48(63)2)80(103)107-62-35-36-82(42-62,81(104)105)99(4)45-51-19-23-55(24-20-51)75-93-77(108-96-75)58-29-32-65(61(39-58)47-106-5)64-14-10-8-12-57(64)37-52-16-15-49(3)68(38-52)67-34-31-60(41-70(67)84(88,89)90)79-95-76(98-110-79)56-27-25-53(26-28-56)72(46-100)92-44-73(101)102/h7-34,38-41,62,71-72,91-92,100H,6,35-37,42-47H2,1-5H3,(H,101,102)(H,104,105)/t62?,71-,72?,82?/m0/s1. The number of aliphatic hydroxyl groups is 1. The van der Waals surface area contributed by atoms with Crippen molar-refractivity contribution in [2.24, 2.45) is 0 Å². The molecule has 0 amide bonds. The van der Waals surface area contributed by atoms with Crippen molar-refractivity contribution in [2.75, 3.05) is 27.3 Å². The number of hydrogen-bond donors (Lipinski definition) is 5. The molecule has 0 radical (unpaired) electrons. The van der Waals surface area contributed by atoms with E-state index in [4.69, 9.17) is 33.1 Å². The van der Waals surface area contributed by atoms with Gasteiger partial charge >= 0.3 is 30.3 Å². The van der Waals surface area contributed by atoms with Crippen molar-refractivity contribution in [3.63, 3.8) is 0 Å². The molecule has 3 aromatic heterocycles. The minimum atomic E-state index is -4.78. The van der Waals surface area contributed by atoms with Crippen LogP contribution in [0.3, 0.4) is 0 Å². The molecule has 1 fully saturated rings. The summed E-state index contributed by atoms with van der Waals surface area (Å²) < 4.78 is 117. The highest BCUT2D eigenvalue weighted by Crippen LogP contribution is 2.45. The fourth-order valence-electron chi connectivity index (χ4n) is 14.0. The van der Waals surface area contributed by atoms with Gasteiger partial charge in [-0.15, -0.1) is 0 Å². The third-order valence-electron chi connectivity index (χ3n) is 20.0. The summed E-state index contributed by atoms with van der Waals surface area (Å²) in [5.74, 6) is -1.99. The van der Waals surface area contributed by atoms with E-state index < -0.39 is 65.1 Å². The quantitative estimate of drug-likeness (QED) is 0.0225. The number of aliphatic carboxylic acids is 2. The number of carbonyl (C=O) groups is 3.